The first-order valence-corrected chi connectivity index (χ1v) is 10.0. The van der Waals surface area contributed by atoms with Crippen LogP contribution in [0.3, 0.4) is 0 Å². The summed E-state index contributed by atoms with van der Waals surface area (Å²) in [5, 5.41) is 9.29. The summed E-state index contributed by atoms with van der Waals surface area (Å²) in [5.41, 5.74) is 4.19. The van der Waals surface area contributed by atoms with Gasteiger partial charge in [-0.3, -0.25) is 9.78 Å². The molecule has 0 fully saturated rings. The van der Waals surface area contributed by atoms with Crippen molar-refractivity contribution in [1.82, 2.24) is 20.3 Å². The number of aryl methyl sites for hydroxylation is 2. The number of benzene rings is 1. The number of carbonyl (C=O) groups excluding carboxylic acids is 1. The number of rotatable bonds is 5. The molecule has 0 saturated heterocycles. The van der Waals surface area contributed by atoms with E-state index in [2.05, 4.69) is 30.9 Å². The first-order chi connectivity index (χ1) is 15.0. The van der Waals surface area contributed by atoms with Crippen LogP contribution >= 0.6 is 0 Å². The van der Waals surface area contributed by atoms with Gasteiger partial charge in [0.05, 0.1) is 11.8 Å². The molecule has 1 aliphatic rings. The second kappa shape index (κ2) is 8.83. The number of carbonyl (C=O) groups is 1. The molecule has 3 heterocycles. The van der Waals surface area contributed by atoms with Gasteiger partial charge < -0.3 is 20.7 Å². The lowest BCUT2D eigenvalue weighted by Gasteiger charge is -2.14. The predicted molar refractivity (Wildman–Crippen MR) is 121 cm³/mol. The zero-order valence-electron chi connectivity index (χ0n) is 17.7. The lowest BCUT2D eigenvalue weighted by atomic mass is 10.1. The molecule has 3 aromatic rings. The largest absolute Gasteiger partial charge is 0.455 e. The quantitative estimate of drug-likeness (QED) is 0.578. The van der Waals surface area contributed by atoms with Crippen molar-refractivity contribution in [2.75, 3.05) is 24.2 Å². The number of ether oxygens (including phenoxy) is 1. The Balaban J connectivity index is 1.59. The Morgan fingerprint density at radius 2 is 2.00 bits per heavy atom. The second-order valence-corrected chi connectivity index (χ2v) is 7.25. The normalized spacial score (nSPS) is 12.7. The molecule has 31 heavy (non-hydrogen) atoms. The van der Waals surface area contributed by atoms with Crippen LogP contribution in [0.5, 0.6) is 11.5 Å². The highest BCUT2D eigenvalue weighted by atomic mass is 16.5. The van der Waals surface area contributed by atoms with Gasteiger partial charge in [0, 0.05) is 30.5 Å². The molecule has 8 heteroatoms. The highest BCUT2D eigenvalue weighted by Gasteiger charge is 2.17. The van der Waals surface area contributed by atoms with Crippen LogP contribution in [0.25, 0.3) is 6.08 Å². The van der Waals surface area contributed by atoms with Gasteiger partial charge in [-0.1, -0.05) is 0 Å². The molecule has 3 N–H and O–H groups in total. The maximum Gasteiger partial charge on any atom is 0.247 e. The van der Waals surface area contributed by atoms with E-state index in [1.807, 2.05) is 50.3 Å². The van der Waals surface area contributed by atoms with Crippen LogP contribution in [-0.4, -0.2) is 34.5 Å². The van der Waals surface area contributed by atoms with Crippen LogP contribution in [-0.2, 0) is 4.79 Å². The third kappa shape index (κ3) is 4.63. The summed E-state index contributed by atoms with van der Waals surface area (Å²) in [6.07, 6.45) is 5.65. The van der Waals surface area contributed by atoms with Gasteiger partial charge >= 0.3 is 0 Å². The number of hydrogen-bond acceptors (Lipinski definition) is 7. The average Bonchev–Trinajstić information content (AvgIpc) is 3.00. The topological polar surface area (TPSA) is 101 Å². The summed E-state index contributed by atoms with van der Waals surface area (Å²) in [6.45, 7) is 4.54. The van der Waals surface area contributed by atoms with Crippen molar-refractivity contribution >= 4 is 29.3 Å². The van der Waals surface area contributed by atoms with Gasteiger partial charge in [0.25, 0.3) is 0 Å². The molecule has 1 aliphatic heterocycles. The van der Waals surface area contributed by atoms with Crippen molar-refractivity contribution in [3.05, 3.63) is 65.2 Å². The van der Waals surface area contributed by atoms with Gasteiger partial charge in [-0.15, -0.1) is 0 Å². The molecule has 0 radical (unpaired) electrons. The fraction of sp³-hybridized carbons (Fsp3) is 0.217. The highest BCUT2D eigenvalue weighted by Crippen LogP contribution is 2.31. The second-order valence-electron chi connectivity index (χ2n) is 7.25. The van der Waals surface area contributed by atoms with Crippen molar-refractivity contribution in [3.63, 3.8) is 0 Å². The van der Waals surface area contributed by atoms with Crippen LogP contribution in [0.15, 0.2) is 48.4 Å². The fourth-order valence-electron chi connectivity index (χ4n) is 3.29. The number of anilines is 3. The molecule has 0 bridgehead atoms. The number of nitrogens with one attached hydrogen (secondary N) is 3. The molecule has 158 valence electrons. The molecular formula is C23H24N6O2. The van der Waals surface area contributed by atoms with Crippen LogP contribution in [0.4, 0.5) is 17.3 Å². The molecule has 1 aromatic carbocycles. The Morgan fingerprint density at radius 1 is 1.13 bits per heavy atom. The summed E-state index contributed by atoms with van der Waals surface area (Å²) >= 11 is 0. The van der Waals surface area contributed by atoms with Gasteiger partial charge in [-0.05, 0) is 62.2 Å². The minimum Gasteiger partial charge on any atom is -0.455 e. The van der Waals surface area contributed by atoms with Crippen LogP contribution < -0.4 is 20.7 Å². The molecule has 0 saturated carbocycles. The van der Waals surface area contributed by atoms with Crippen molar-refractivity contribution in [1.29, 1.82) is 0 Å². The Morgan fingerprint density at radius 3 is 2.74 bits per heavy atom. The van der Waals surface area contributed by atoms with Gasteiger partial charge in [0.1, 0.15) is 29.5 Å². The van der Waals surface area contributed by atoms with Crippen LogP contribution in [0, 0.1) is 13.8 Å². The first kappa shape index (κ1) is 20.3. The van der Waals surface area contributed by atoms with Crippen molar-refractivity contribution in [2.24, 2.45) is 0 Å². The number of likely N-dealkylation sites (N-methyl/N-ethyl adjacent to an activating group) is 1. The number of pyridine rings is 1. The molecule has 0 atom stereocenters. The predicted octanol–water partition coefficient (Wildman–Crippen LogP) is 3.97. The zero-order valence-corrected chi connectivity index (χ0v) is 17.7. The Hall–Kier alpha value is -3.94. The molecule has 2 aromatic heterocycles. The third-order valence-corrected chi connectivity index (χ3v) is 4.96. The average molecular weight is 416 g/mol. The molecule has 1 amide bonds. The number of aromatic nitrogens is 3. The molecule has 0 aliphatic carbocycles. The van der Waals surface area contributed by atoms with Gasteiger partial charge in [-0.2, -0.15) is 0 Å². The standard InChI is InChI=1S/C23H24N6O2/c1-14-10-17(5-7-20(14)31-18-6-4-15(2)26-12-18)29-22-19-11-16(23(30)24-3)8-9-25-21(19)27-13-28-22/h4-7,10-13H,8-9H2,1-3H3,(H,24,30)(H2,25,27,28,29). The van der Waals surface area contributed by atoms with E-state index in [4.69, 9.17) is 4.74 Å². The van der Waals surface area contributed by atoms with Crippen molar-refractivity contribution < 1.29 is 9.53 Å². The Kier molecular flexibility index (Phi) is 5.79. The number of nitrogens with zero attached hydrogens (tertiary/aromatic N) is 3. The van der Waals surface area contributed by atoms with E-state index in [9.17, 15) is 4.79 Å². The number of hydrogen-bond donors (Lipinski definition) is 3. The first-order valence-electron chi connectivity index (χ1n) is 10.0. The Labute approximate surface area is 180 Å². The molecule has 8 nitrogen and oxygen atoms in total. The smallest absolute Gasteiger partial charge is 0.247 e. The monoisotopic (exact) mass is 416 g/mol. The van der Waals surface area contributed by atoms with Gasteiger partial charge in [0.2, 0.25) is 5.91 Å². The summed E-state index contributed by atoms with van der Waals surface area (Å²) in [4.78, 5) is 25.1. The SMILES string of the molecule is CNC(=O)C1=Cc2c(ncnc2Nc2ccc(Oc3ccc(C)nc3)c(C)c2)NCC1. The maximum atomic E-state index is 12.2. The van der Waals surface area contributed by atoms with E-state index in [0.29, 0.717) is 35.9 Å². The lowest BCUT2D eigenvalue weighted by Crippen LogP contribution is -2.20. The molecule has 0 spiro atoms. The number of fused-ring (bicyclic) bond motifs is 1. The van der Waals surface area contributed by atoms with Crippen LogP contribution in [0.1, 0.15) is 23.2 Å². The fourth-order valence-corrected chi connectivity index (χ4v) is 3.29. The van der Waals surface area contributed by atoms with E-state index in [0.717, 1.165) is 28.3 Å². The third-order valence-electron chi connectivity index (χ3n) is 4.96. The van der Waals surface area contributed by atoms with Crippen molar-refractivity contribution in [3.8, 4) is 11.5 Å². The minimum absolute atomic E-state index is 0.104. The van der Waals surface area contributed by atoms with E-state index < -0.39 is 0 Å². The van der Waals surface area contributed by atoms with E-state index in [-0.39, 0.29) is 5.91 Å². The minimum atomic E-state index is -0.104. The van der Waals surface area contributed by atoms with Crippen LogP contribution in [0.2, 0.25) is 0 Å². The summed E-state index contributed by atoms with van der Waals surface area (Å²) in [5.74, 6) is 2.65. The molecule has 4 rings (SSSR count). The summed E-state index contributed by atoms with van der Waals surface area (Å²) in [7, 11) is 1.63. The van der Waals surface area contributed by atoms with Gasteiger partial charge in [0.15, 0.2) is 0 Å². The van der Waals surface area contributed by atoms with E-state index in [1.165, 1.54) is 6.33 Å². The van der Waals surface area contributed by atoms with Gasteiger partial charge in [-0.25, -0.2) is 9.97 Å². The zero-order chi connectivity index (χ0) is 21.8. The number of amides is 1. The maximum absolute atomic E-state index is 12.2. The van der Waals surface area contributed by atoms with E-state index in [1.54, 1.807) is 13.2 Å². The lowest BCUT2D eigenvalue weighted by molar-refractivity contribution is -0.117. The summed E-state index contributed by atoms with van der Waals surface area (Å²) < 4.78 is 5.95. The Bertz CT molecular complexity index is 1140. The highest BCUT2D eigenvalue weighted by molar-refractivity contribution is 5.99. The summed E-state index contributed by atoms with van der Waals surface area (Å²) in [6, 6.07) is 9.62. The molecular weight excluding hydrogens is 392 g/mol. The molecule has 0 unspecified atom stereocenters. The van der Waals surface area contributed by atoms with Crippen molar-refractivity contribution in [2.45, 2.75) is 20.3 Å². The van der Waals surface area contributed by atoms with E-state index >= 15 is 0 Å².